The van der Waals surface area contributed by atoms with Crippen LogP contribution in [0.25, 0.3) is 0 Å². The van der Waals surface area contributed by atoms with Gasteiger partial charge in [0.05, 0.1) is 0 Å². The van der Waals surface area contributed by atoms with Gasteiger partial charge in [-0.2, -0.15) is 0 Å². The smallest absolute Gasteiger partial charge is 0.0342 e. The third-order valence-electron chi connectivity index (χ3n) is 5.97. The Hall–Kier alpha value is -0.160. The van der Waals surface area contributed by atoms with Gasteiger partial charge in [0, 0.05) is 62.9 Å². The topological polar surface area (TPSA) is 30.5 Å². The van der Waals surface area contributed by atoms with Crippen LogP contribution in [0, 0.1) is 5.92 Å². The van der Waals surface area contributed by atoms with Crippen LogP contribution in [0.15, 0.2) is 0 Å². The summed E-state index contributed by atoms with van der Waals surface area (Å²) in [4.78, 5) is 5.35. The highest BCUT2D eigenvalue weighted by atomic mass is 15.3. The van der Waals surface area contributed by atoms with Crippen molar-refractivity contribution in [3.05, 3.63) is 0 Å². The molecule has 2 aliphatic heterocycles. The van der Waals surface area contributed by atoms with Crippen LogP contribution in [-0.4, -0.2) is 72.7 Å². The van der Waals surface area contributed by atoms with Gasteiger partial charge in [-0.1, -0.05) is 0 Å². The molecule has 2 saturated heterocycles. The zero-order valence-electron chi connectivity index (χ0n) is 14.4. The van der Waals surface area contributed by atoms with Gasteiger partial charge in [-0.3, -0.25) is 9.80 Å². The lowest BCUT2D eigenvalue weighted by molar-refractivity contribution is 0.126. The second-order valence-electron chi connectivity index (χ2n) is 7.98. The second kappa shape index (κ2) is 6.15. The average Bonchev–Trinajstić information content (AvgIpc) is 3.10. The lowest BCUT2D eigenvalue weighted by Gasteiger charge is -2.39. The molecule has 0 bridgehead atoms. The van der Waals surface area contributed by atoms with E-state index in [1.807, 2.05) is 0 Å². The summed E-state index contributed by atoms with van der Waals surface area (Å²) < 4.78 is 0. The Morgan fingerprint density at radius 1 is 1.14 bits per heavy atom. The Morgan fingerprint density at radius 3 is 2.62 bits per heavy atom. The van der Waals surface area contributed by atoms with E-state index in [0.717, 1.165) is 18.5 Å². The quantitative estimate of drug-likeness (QED) is 0.814. The molecule has 0 aromatic carbocycles. The molecule has 0 aromatic heterocycles. The van der Waals surface area contributed by atoms with E-state index < -0.39 is 0 Å². The van der Waals surface area contributed by atoms with Crippen molar-refractivity contribution in [2.24, 2.45) is 5.92 Å². The van der Waals surface area contributed by atoms with Gasteiger partial charge in [-0.15, -0.1) is 0 Å². The summed E-state index contributed by atoms with van der Waals surface area (Å²) in [5, 5.41) is 7.40. The van der Waals surface area contributed by atoms with Crippen LogP contribution in [0.3, 0.4) is 0 Å². The lowest BCUT2D eigenvalue weighted by atomic mass is 10.0. The summed E-state index contributed by atoms with van der Waals surface area (Å²) in [7, 11) is 0. The number of nitrogens with zero attached hydrogens (tertiary/aromatic N) is 2. The number of rotatable bonds is 4. The Labute approximate surface area is 130 Å². The maximum absolute atomic E-state index is 3.85. The molecule has 21 heavy (non-hydrogen) atoms. The minimum absolute atomic E-state index is 0.455. The first kappa shape index (κ1) is 15.7. The molecule has 2 heterocycles. The number of hydrogen-bond donors (Lipinski definition) is 2. The number of hydrogen-bond acceptors (Lipinski definition) is 4. The van der Waals surface area contributed by atoms with Crippen LogP contribution in [0.1, 0.15) is 40.5 Å². The van der Waals surface area contributed by atoms with Gasteiger partial charge in [-0.05, 0) is 46.5 Å². The van der Waals surface area contributed by atoms with E-state index in [1.54, 1.807) is 0 Å². The van der Waals surface area contributed by atoms with Crippen molar-refractivity contribution in [3.8, 4) is 0 Å². The highest BCUT2D eigenvalue weighted by molar-refractivity contribution is 5.14. The van der Waals surface area contributed by atoms with Crippen LogP contribution in [0.4, 0.5) is 0 Å². The molecule has 3 unspecified atom stereocenters. The second-order valence-corrected chi connectivity index (χ2v) is 7.98. The van der Waals surface area contributed by atoms with Gasteiger partial charge >= 0.3 is 0 Å². The van der Waals surface area contributed by atoms with E-state index in [2.05, 4.69) is 48.1 Å². The molecular weight excluding hydrogens is 260 g/mol. The standard InChI is InChI=1S/C17H34N4/c1-13(2)21-8-6-19-17(12-21)10-16(17)9-15(4)20-7-5-18-14(3)11-20/h13-16,18-19H,5-12H2,1-4H3/t14-,15?,16?,17?/m0/s1. The third kappa shape index (κ3) is 3.44. The summed E-state index contributed by atoms with van der Waals surface area (Å²) in [6.07, 6.45) is 2.76. The van der Waals surface area contributed by atoms with E-state index in [1.165, 1.54) is 45.6 Å². The molecule has 3 rings (SSSR count). The van der Waals surface area contributed by atoms with E-state index in [-0.39, 0.29) is 0 Å². The van der Waals surface area contributed by atoms with E-state index in [0.29, 0.717) is 17.6 Å². The van der Waals surface area contributed by atoms with Crippen LogP contribution in [-0.2, 0) is 0 Å². The summed E-state index contributed by atoms with van der Waals surface area (Å²) in [5.74, 6) is 0.888. The predicted molar refractivity (Wildman–Crippen MR) is 88.7 cm³/mol. The predicted octanol–water partition coefficient (Wildman–Crippen LogP) is 1.13. The summed E-state index contributed by atoms with van der Waals surface area (Å²) in [6.45, 7) is 16.7. The molecule has 1 aliphatic carbocycles. The Kier molecular flexibility index (Phi) is 4.60. The molecule has 3 fully saturated rings. The van der Waals surface area contributed by atoms with E-state index in [4.69, 9.17) is 0 Å². The maximum Gasteiger partial charge on any atom is 0.0342 e. The molecule has 3 aliphatic rings. The van der Waals surface area contributed by atoms with Crippen molar-refractivity contribution in [2.75, 3.05) is 39.3 Å². The molecule has 2 N–H and O–H groups in total. The first-order valence-electron chi connectivity index (χ1n) is 8.97. The lowest BCUT2D eigenvalue weighted by Crippen LogP contribution is -2.56. The van der Waals surface area contributed by atoms with Crippen LogP contribution in [0.2, 0.25) is 0 Å². The molecule has 4 atom stereocenters. The molecule has 4 heteroatoms. The van der Waals surface area contributed by atoms with Gasteiger partial charge < -0.3 is 10.6 Å². The molecule has 122 valence electrons. The third-order valence-corrected chi connectivity index (χ3v) is 5.97. The first-order chi connectivity index (χ1) is 10.00. The van der Waals surface area contributed by atoms with Crippen LogP contribution >= 0.6 is 0 Å². The van der Waals surface area contributed by atoms with E-state index >= 15 is 0 Å². The van der Waals surface area contributed by atoms with Crippen molar-refractivity contribution in [2.45, 2.75) is 64.2 Å². The summed E-state index contributed by atoms with van der Waals surface area (Å²) in [6, 6.07) is 2.07. The van der Waals surface area contributed by atoms with Gasteiger partial charge in [0.25, 0.3) is 0 Å². The minimum atomic E-state index is 0.455. The molecule has 0 radical (unpaired) electrons. The molecule has 4 nitrogen and oxygen atoms in total. The monoisotopic (exact) mass is 294 g/mol. The molecule has 0 amide bonds. The van der Waals surface area contributed by atoms with Gasteiger partial charge in [0.2, 0.25) is 0 Å². The van der Waals surface area contributed by atoms with Crippen molar-refractivity contribution in [1.82, 2.24) is 20.4 Å². The molecular formula is C17H34N4. The Bertz CT molecular complexity index is 359. The van der Waals surface area contributed by atoms with Gasteiger partial charge in [0.1, 0.15) is 0 Å². The summed E-state index contributed by atoms with van der Waals surface area (Å²) in [5.41, 5.74) is 0.455. The SMILES string of the molecule is CC(C)N1CCNC2(CC2CC(C)N2CCN[C@@H](C)C2)C1. The van der Waals surface area contributed by atoms with Gasteiger partial charge in [-0.25, -0.2) is 0 Å². The highest BCUT2D eigenvalue weighted by Crippen LogP contribution is 2.48. The molecule has 1 spiro atoms. The Balaban J connectivity index is 1.50. The number of piperazine rings is 2. The fourth-order valence-corrected chi connectivity index (χ4v) is 4.41. The molecule has 0 aromatic rings. The Morgan fingerprint density at radius 2 is 1.90 bits per heavy atom. The fourth-order valence-electron chi connectivity index (χ4n) is 4.41. The van der Waals surface area contributed by atoms with Crippen molar-refractivity contribution in [1.29, 1.82) is 0 Å². The average molecular weight is 294 g/mol. The largest absolute Gasteiger partial charge is 0.312 e. The zero-order chi connectivity index (χ0) is 15.0. The van der Waals surface area contributed by atoms with Crippen LogP contribution < -0.4 is 10.6 Å². The number of nitrogens with one attached hydrogen (secondary N) is 2. The van der Waals surface area contributed by atoms with Crippen LogP contribution in [0.5, 0.6) is 0 Å². The highest BCUT2D eigenvalue weighted by Gasteiger charge is 2.56. The zero-order valence-corrected chi connectivity index (χ0v) is 14.4. The van der Waals surface area contributed by atoms with Gasteiger partial charge in [0.15, 0.2) is 0 Å². The van der Waals surface area contributed by atoms with E-state index in [9.17, 15) is 0 Å². The van der Waals surface area contributed by atoms with Crippen molar-refractivity contribution < 1.29 is 0 Å². The first-order valence-corrected chi connectivity index (χ1v) is 8.97. The summed E-state index contributed by atoms with van der Waals surface area (Å²) >= 11 is 0. The maximum atomic E-state index is 3.85. The fraction of sp³-hybridized carbons (Fsp3) is 1.00. The van der Waals surface area contributed by atoms with Crippen molar-refractivity contribution >= 4 is 0 Å². The molecule has 1 saturated carbocycles. The normalized spacial score (nSPS) is 39.9. The minimum Gasteiger partial charge on any atom is -0.312 e. The van der Waals surface area contributed by atoms with Crippen molar-refractivity contribution in [3.63, 3.8) is 0 Å².